The molecule has 2 amide bonds. The molecule has 0 saturated carbocycles. The van der Waals surface area contributed by atoms with Crippen LogP contribution in [0, 0.1) is 0 Å². The summed E-state index contributed by atoms with van der Waals surface area (Å²) in [6.45, 7) is 17.5. The predicted octanol–water partition coefficient (Wildman–Crippen LogP) is 3.31. The number of hydrogen-bond acceptors (Lipinski definition) is 7. The van der Waals surface area contributed by atoms with Crippen LogP contribution in [0.3, 0.4) is 0 Å². The molecule has 0 aromatic carbocycles. The number of carbonyl (C=O) groups is 3. The smallest absolute Gasteiger partial charge is 0.330 e. The molecule has 0 aromatic heterocycles. The molecule has 0 aliphatic heterocycles. The molecule has 33 heavy (non-hydrogen) atoms. The number of ether oxygens (including phenoxy) is 2. The molecule has 0 atom stereocenters. The van der Waals surface area contributed by atoms with Crippen molar-refractivity contribution in [3.05, 3.63) is 25.3 Å². The molecule has 9 nitrogen and oxygen atoms in total. The van der Waals surface area contributed by atoms with E-state index in [2.05, 4.69) is 44.7 Å². The summed E-state index contributed by atoms with van der Waals surface area (Å²) >= 11 is 0. The van der Waals surface area contributed by atoms with Gasteiger partial charge in [0.1, 0.15) is 18.8 Å². The van der Waals surface area contributed by atoms with E-state index in [4.69, 9.17) is 18.3 Å². The van der Waals surface area contributed by atoms with Gasteiger partial charge in [-0.2, -0.15) is 0 Å². The van der Waals surface area contributed by atoms with Crippen LogP contribution < -0.4 is 5.32 Å². The molecular weight excluding hydrogens is 460 g/mol. The fraction of sp³-hybridized carbons (Fsp3) is 0.682. The molecule has 0 saturated heterocycles. The Morgan fingerprint density at radius 1 is 0.879 bits per heavy atom. The fourth-order valence-electron chi connectivity index (χ4n) is 2.65. The summed E-state index contributed by atoms with van der Waals surface area (Å²) in [6, 6.07) is 1.33. The van der Waals surface area contributed by atoms with E-state index >= 15 is 0 Å². The highest BCUT2D eigenvalue weighted by Crippen LogP contribution is 2.16. The molecule has 0 radical (unpaired) electrons. The summed E-state index contributed by atoms with van der Waals surface area (Å²) in [5.74, 6) is -1.27. The highest BCUT2D eigenvalue weighted by Gasteiger charge is 2.33. The number of esters is 2. The molecule has 0 spiro atoms. The molecule has 0 aliphatic carbocycles. The topological polar surface area (TPSA) is 103 Å². The Morgan fingerprint density at radius 2 is 1.33 bits per heavy atom. The second kappa shape index (κ2) is 14.3. The normalized spacial score (nSPS) is 12.0. The van der Waals surface area contributed by atoms with Gasteiger partial charge in [0.05, 0.1) is 0 Å². The zero-order valence-corrected chi connectivity index (χ0v) is 23.3. The van der Waals surface area contributed by atoms with Gasteiger partial charge < -0.3 is 28.5 Å². The van der Waals surface area contributed by atoms with Crippen LogP contribution in [0.2, 0.25) is 38.3 Å². The minimum Gasteiger partial charge on any atom is -0.460 e. The SMILES string of the molecule is C=CC(=O)OCC(C)(COC(=O)C=C)NC(=O)N(CCC[Si](C)(C)OC)CC[Si](C)(C)OC. The first-order chi connectivity index (χ1) is 15.2. The van der Waals surface area contributed by atoms with Crippen molar-refractivity contribution < 1.29 is 32.7 Å². The Balaban J connectivity index is 5.47. The molecule has 0 unspecified atom stereocenters. The van der Waals surface area contributed by atoms with Crippen molar-refractivity contribution in [3.63, 3.8) is 0 Å². The lowest BCUT2D eigenvalue weighted by Gasteiger charge is -2.34. The molecule has 11 heteroatoms. The van der Waals surface area contributed by atoms with Crippen molar-refractivity contribution in [1.82, 2.24) is 10.2 Å². The number of carbonyl (C=O) groups excluding carboxylic acids is 3. The minimum atomic E-state index is -1.90. The van der Waals surface area contributed by atoms with E-state index in [1.807, 2.05) is 0 Å². The third-order valence-corrected chi connectivity index (χ3v) is 10.6. The molecule has 0 fully saturated rings. The number of urea groups is 1. The van der Waals surface area contributed by atoms with Gasteiger partial charge in [0.2, 0.25) is 0 Å². The van der Waals surface area contributed by atoms with Crippen molar-refractivity contribution in [2.24, 2.45) is 0 Å². The highest BCUT2D eigenvalue weighted by molar-refractivity contribution is 6.71. The molecular formula is C22H42N2O7Si2. The zero-order chi connectivity index (χ0) is 25.7. The van der Waals surface area contributed by atoms with Crippen molar-refractivity contribution >= 4 is 34.6 Å². The van der Waals surface area contributed by atoms with E-state index in [1.54, 1.807) is 26.0 Å². The Kier molecular flexibility index (Phi) is 13.5. The summed E-state index contributed by atoms with van der Waals surface area (Å²) in [4.78, 5) is 38.2. The van der Waals surface area contributed by atoms with Crippen molar-refractivity contribution in [2.75, 3.05) is 40.5 Å². The number of nitrogens with one attached hydrogen (secondary N) is 1. The molecule has 190 valence electrons. The quantitative estimate of drug-likeness (QED) is 0.196. The maximum atomic E-state index is 13.3. The molecule has 0 aliphatic rings. The van der Waals surface area contributed by atoms with Crippen LogP contribution in [0.4, 0.5) is 4.79 Å². The fourth-order valence-corrected chi connectivity index (χ4v) is 4.87. The Morgan fingerprint density at radius 3 is 1.76 bits per heavy atom. The first kappa shape index (κ1) is 31.0. The number of rotatable bonds is 16. The first-order valence-corrected chi connectivity index (χ1v) is 17.2. The lowest BCUT2D eigenvalue weighted by atomic mass is 10.1. The molecule has 0 aromatic rings. The molecule has 0 heterocycles. The maximum Gasteiger partial charge on any atom is 0.330 e. The zero-order valence-electron chi connectivity index (χ0n) is 21.3. The minimum absolute atomic E-state index is 0.191. The standard InChI is InChI=1S/C22H42N2O7Si2/c1-10-19(25)30-17-22(3,18-31-20(26)11-2)23-21(27)24(14-16-33(8,9)29-5)13-12-15-32(6,7)28-4/h10-11H,1-2,12-18H2,3-9H3,(H,23,27). The van der Waals surface area contributed by atoms with E-state index in [-0.39, 0.29) is 19.2 Å². The Bertz CT molecular complexity index is 660. The van der Waals surface area contributed by atoms with Crippen LogP contribution >= 0.6 is 0 Å². The van der Waals surface area contributed by atoms with E-state index in [0.29, 0.717) is 13.1 Å². The van der Waals surface area contributed by atoms with Gasteiger partial charge in [-0.3, -0.25) is 0 Å². The van der Waals surface area contributed by atoms with Crippen LogP contribution in [-0.4, -0.2) is 85.6 Å². The second-order valence-corrected chi connectivity index (χ2v) is 18.2. The van der Waals surface area contributed by atoms with Gasteiger partial charge in [0, 0.05) is 39.5 Å². The maximum absolute atomic E-state index is 13.3. The highest BCUT2D eigenvalue weighted by atomic mass is 28.4. The third kappa shape index (κ3) is 13.4. The Labute approximate surface area is 200 Å². The van der Waals surface area contributed by atoms with Gasteiger partial charge >= 0.3 is 18.0 Å². The summed E-state index contributed by atoms with van der Waals surface area (Å²) in [6.07, 6.45) is 2.86. The van der Waals surface area contributed by atoms with Crippen LogP contribution in [0.25, 0.3) is 0 Å². The summed E-state index contributed by atoms with van der Waals surface area (Å²) < 4.78 is 21.5. The van der Waals surface area contributed by atoms with Gasteiger partial charge in [-0.15, -0.1) is 0 Å². The van der Waals surface area contributed by atoms with Crippen LogP contribution in [0.5, 0.6) is 0 Å². The predicted molar refractivity (Wildman–Crippen MR) is 134 cm³/mol. The van der Waals surface area contributed by atoms with Crippen molar-refractivity contribution in [3.8, 4) is 0 Å². The molecule has 1 N–H and O–H groups in total. The summed E-state index contributed by atoms with van der Waals surface area (Å²) in [7, 11) is -0.232. The van der Waals surface area contributed by atoms with Crippen molar-refractivity contribution in [2.45, 2.75) is 57.2 Å². The van der Waals surface area contributed by atoms with Gasteiger partial charge in [-0.1, -0.05) is 13.2 Å². The summed E-state index contributed by atoms with van der Waals surface area (Å²) in [5, 5.41) is 2.89. The molecule has 0 bridgehead atoms. The molecule has 0 rings (SSSR count). The van der Waals surface area contributed by atoms with Crippen LogP contribution in [-0.2, 0) is 27.9 Å². The van der Waals surface area contributed by atoms with Crippen molar-refractivity contribution in [1.29, 1.82) is 0 Å². The number of hydrogen-bond donors (Lipinski definition) is 1. The van der Waals surface area contributed by atoms with Gasteiger partial charge in [0.15, 0.2) is 16.6 Å². The van der Waals surface area contributed by atoms with E-state index < -0.39 is 34.1 Å². The third-order valence-electron chi connectivity index (χ3n) is 5.39. The Hall–Kier alpha value is -1.96. The average molecular weight is 503 g/mol. The second-order valence-electron chi connectivity index (χ2n) is 9.38. The summed E-state index contributed by atoms with van der Waals surface area (Å²) in [5.41, 5.74) is -1.14. The largest absolute Gasteiger partial charge is 0.460 e. The lowest BCUT2D eigenvalue weighted by Crippen LogP contribution is -2.57. The van der Waals surface area contributed by atoms with Crippen LogP contribution in [0.1, 0.15) is 13.3 Å². The van der Waals surface area contributed by atoms with E-state index in [1.165, 1.54) is 0 Å². The lowest BCUT2D eigenvalue weighted by molar-refractivity contribution is -0.144. The van der Waals surface area contributed by atoms with E-state index in [0.717, 1.165) is 30.7 Å². The van der Waals surface area contributed by atoms with E-state index in [9.17, 15) is 14.4 Å². The average Bonchev–Trinajstić information content (AvgIpc) is 2.77. The van der Waals surface area contributed by atoms with Gasteiger partial charge in [-0.25, -0.2) is 14.4 Å². The number of nitrogens with zero attached hydrogens (tertiary/aromatic N) is 1. The number of amides is 2. The van der Waals surface area contributed by atoms with Crippen LogP contribution in [0.15, 0.2) is 25.3 Å². The first-order valence-electron chi connectivity index (χ1n) is 11.0. The monoisotopic (exact) mass is 502 g/mol. The van der Waals surface area contributed by atoms with Gasteiger partial charge in [-0.05, 0) is 51.6 Å². The van der Waals surface area contributed by atoms with Gasteiger partial charge in [0.25, 0.3) is 0 Å².